The molecule has 3 rings (SSSR count). The number of aliphatic hydroxyl groups is 1. The van der Waals surface area contributed by atoms with Gasteiger partial charge in [0.1, 0.15) is 0 Å². The normalized spacial score (nSPS) is 20.4. The number of hydrogen-bond donors (Lipinski definition) is 2. The quantitative estimate of drug-likeness (QED) is 0.751. The number of amides is 1. The highest BCUT2D eigenvalue weighted by atomic mass is 35.5. The van der Waals surface area contributed by atoms with Crippen LogP contribution in [0.1, 0.15) is 42.9 Å². The van der Waals surface area contributed by atoms with Crippen molar-refractivity contribution in [1.82, 2.24) is 4.90 Å². The molecule has 1 fully saturated rings. The van der Waals surface area contributed by atoms with Gasteiger partial charge in [-0.05, 0) is 46.7 Å². The summed E-state index contributed by atoms with van der Waals surface area (Å²) in [7, 11) is 0. The van der Waals surface area contributed by atoms with Gasteiger partial charge in [0.2, 0.25) is 5.91 Å². The van der Waals surface area contributed by atoms with Gasteiger partial charge in [0.15, 0.2) is 0 Å². The monoisotopic (exact) mass is 394 g/mol. The Kier molecular flexibility index (Phi) is 8.10. The van der Waals surface area contributed by atoms with Crippen LogP contribution in [0.25, 0.3) is 0 Å². The molecule has 0 aliphatic heterocycles. The van der Waals surface area contributed by atoms with Crippen LogP contribution in [0.5, 0.6) is 0 Å². The second kappa shape index (κ2) is 10.1. The van der Waals surface area contributed by atoms with Crippen LogP contribution >= 0.6 is 23.7 Å². The molecule has 2 aromatic rings. The van der Waals surface area contributed by atoms with E-state index >= 15 is 0 Å². The highest BCUT2D eigenvalue weighted by molar-refractivity contribution is 7.07. The first-order valence-corrected chi connectivity index (χ1v) is 9.85. The molecule has 0 bridgehead atoms. The van der Waals surface area contributed by atoms with Crippen molar-refractivity contribution in [1.29, 1.82) is 0 Å². The van der Waals surface area contributed by atoms with Crippen LogP contribution < -0.4 is 5.73 Å². The molecule has 1 aliphatic carbocycles. The first-order chi connectivity index (χ1) is 12.1. The Morgan fingerprint density at radius 1 is 1.27 bits per heavy atom. The summed E-state index contributed by atoms with van der Waals surface area (Å²) in [5, 5.41) is 14.4. The molecule has 142 valence electrons. The Morgan fingerprint density at radius 2 is 2.04 bits per heavy atom. The number of benzene rings is 1. The van der Waals surface area contributed by atoms with Gasteiger partial charge in [-0.1, -0.05) is 36.8 Å². The summed E-state index contributed by atoms with van der Waals surface area (Å²) >= 11 is 1.55. The first kappa shape index (κ1) is 20.9. The lowest BCUT2D eigenvalue weighted by molar-refractivity contribution is -0.134. The van der Waals surface area contributed by atoms with Crippen molar-refractivity contribution in [2.75, 3.05) is 6.54 Å². The maximum absolute atomic E-state index is 12.9. The Hall–Kier alpha value is -1.40. The second-order valence-corrected chi connectivity index (χ2v) is 7.67. The van der Waals surface area contributed by atoms with E-state index in [0.29, 0.717) is 19.5 Å². The van der Waals surface area contributed by atoms with Gasteiger partial charge in [-0.25, -0.2) is 0 Å². The fourth-order valence-electron chi connectivity index (χ4n) is 3.51. The average molecular weight is 395 g/mol. The van der Waals surface area contributed by atoms with Gasteiger partial charge in [-0.15, -0.1) is 12.4 Å². The van der Waals surface area contributed by atoms with E-state index in [1.807, 2.05) is 47.2 Å². The Balaban J connectivity index is 0.00000243. The van der Waals surface area contributed by atoms with E-state index < -0.39 is 6.10 Å². The molecule has 1 heterocycles. The summed E-state index contributed by atoms with van der Waals surface area (Å²) in [6, 6.07) is 12.0. The standard InChI is InChI=1S/C20H26N2O2S.ClH/c21-18-8-4-7-16(18)11-20(24)22(12-15-5-2-1-3-6-15)13-19(23)17-9-10-25-14-17;/h1-3,5-6,9-10,14,16,18-19,23H,4,7-8,11-13,21H2;1H/t16-,18+,19?;/m0./s1. The van der Waals surface area contributed by atoms with Crippen molar-refractivity contribution >= 4 is 29.7 Å². The molecule has 1 aromatic heterocycles. The van der Waals surface area contributed by atoms with Gasteiger partial charge in [0.25, 0.3) is 0 Å². The summed E-state index contributed by atoms with van der Waals surface area (Å²) in [6.45, 7) is 0.829. The van der Waals surface area contributed by atoms with E-state index in [0.717, 1.165) is 30.4 Å². The van der Waals surface area contributed by atoms with E-state index in [9.17, 15) is 9.90 Å². The number of carbonyl (C=O) groups is 1. The molecule has 1 unspecified atom stereocenters. The number of aliphatic hydroxyl groups excluding tert-OH is 1. The van der Waals surface area contributed by atoms with Crippen molar-refractivity contribution in [3.05, 3.63) is 58.3 Å². The van der Waals surface area contributed by atoms with E-state index in [4.69, 9.17) is 5.73 Å². The fraction of sp³-hybridized carbons (Fsp3) is 0.450. The summed E-state index contributed by atoms with van der Waals surface area (Å²) in [5.41, 5.74) is 8.08. The number of thiophene rings is 1. The summed E-state index contributed by atoms with van der Waals surface area (Å²) in [6.07, 6.45) is 2.96. The Bertz CT molecular complexity index is 666. The lowest BCUT2D eigenvalue weighted by Crippen LogP contribution is -2.37. The molecule has 1 aromatic carbocycles. The molecule has 3 atom stereocenters. The zero-order chi connectivity index (χ0) is 17.6. The number of carbonyl (C=O) groups excluding carboxylic acids is 1. The highest BCUT2D eigenvalue weighted by Gasteiger charge is 2.29. The molecule has 1 amide bonds. The number of halogens is 1. The molecule has 0 saturated heterocycles. The molecule has 4 nitrogen and oxygen atoms in total. The van der Waals surface area contributed by atoms with Gasteiger partial charge >= 0.3 is 0 Å². The SMILES string of the molecule is Cl.N[C@@H]1CCC[C@H]1CC(=O)N(Cc1ccccc1)CC(O)c1ccsc1. The van der Waals surface area contributed by atoms with Gasteiger partial charge in [0.05, 0.1) is 12.6 Å². The fourth-order valence-corrected chi connectivity index (χ4v) is 4.22. The van der Waals surface area contributed by atoms with Crippen LogP contribution in [0.4, 0.5) is 0 Å². The minimum absolute atomic E-state index is 0. The summed E-state index contributed by atoms with van der Waals surface area (Å²) in [4.78, 5) is 14.7. The Morgan fingerprint density at radius 3 is 2.65 bits per heavy atom. The largest absolute Gasteiger partial charge is 0.387 e. The third-order valence-corrected chi connectivity index (χ3v) is 5.75. The Labute approximate surface area is 165 Å². The van der Waals surface area contributed by atoms with Crippen molar-refractivity contribution in [3.8, 4) is 0 Å². The third-order valence-electron chi connectivity index (χ3n) is 5.04. The van der Waals surface area contributed by atoms with Crippen molar-refractivity contribution in [2.24, 2.45) is 11.7 Å². The first-order valence-electron chi connectivity index (χ1n) is 8.91. The van der Waals surface area contributed by atoms with Gasteiger partial charge < -0.3 is 15.7 Å². The highest BCUT2D eigenvalue weighted by Crippen LogP contribution is 2.28. The predicted molar refractivity (Wildman–Crippen MR) is 108 cm³/mol. The molecule has 0 radical (unpaired) electrons. The van der Waals surface area contributed by atoms with E-state index in [2.05, 4.69) is 0 Å². The zero-order valence-corrected chi connectivity index (χ0v) is 16.4. The number of hydrogen-bond acceptors (Lipinski definition) is 4. The van der Waals surface area contributed by atoms with E-state index in [1.54, 1.807) is 16.2 Å². The van der Waals surface area contributed by atoms with Crippen LogP contribution in [0.2, 0.25) is 0 Å². The summed E-state index contributed by atoms with van der Waals surface area (Å²) < 4.78 is 0. The van der Waals surface area contributed by atoms with Crippen LogP contribution in [0, 0.1) is 5.92 Å². The molecular formula is C20H27ClN2O2S. The molecule has 0 spiro atoms. The topological polar surface area (TPSA) is 66.6 Å². The zero-order valence-electron chi connectivity index (χ0n) is 14.8. The molecule has 3 N–H and O–H groups in total. The van der Waals surface area contributed by atoms with Crippen molar-refractivity contribution in [3.63, 3.8) is 0 Å². The van der Waals surface area contributed by atoms with Crippen molar-refractivity contribution in [2.45, 2.75) is 44.4 Å². The maximum Gasteiger partial charge on any atom is 0.223 e. The van der Waals surface area contributed by atoms with E-state index in [1.165, 1.54) is 0 Å². The lowest BCUT2D eigenvalue weighted by atomic mass is 9.99. The maximum atomic E-state index is 12.9. The van der Waals surface area contributed by atoms with E-state index in [-0.39, 0.29) is 30.3 Å². The van der Waals surface area contributed by atoms with Crippen LogP contribution in [0.15, 0.2) is 47.2 Å². The van der Waals surface area contributed by atoms with Gasteiger partial charge in [-0.2, -0.15) is 11.3 Å². The summed E-state index contributed by atoms with van der Waals surface area (Å²) in [5.74, 6) is 0.351. The van der Waals surface area contributed by atoms with Crippen LogP contribution in [-0.4, -0.2) is 28.5 Å². The minimum Gasteiger partial charge on any atom is -0.387 e. The molecule has 26 heavy (non-hydrogen) atoms. The van der Waals surface area contributed by atoms with Gasteiger partial charge in [0, 0.05) is 19.0 Å². The molecule has 1 saturated carbocycles. The van der Waals surface area contributed by atoms with Crippen molar-refractivity contribution < 1.29 is 9.90 Å². The number of nitrogens with two attached hydrogens (primary N) is 1. The third kappa shape index (κ3) is 5.55. The van der Waals surface area contributed by atoms with Crippen LogP contribution in [0.3, 0.4) is 0 Å². The van der Waals surface area contributed by atoms with Gasteiger partial charge in [-0.3, -0.25) is 4.79 Å². The lowest BCUT2D eigenvalue weighted by Gasteiger charge is -2.27. The number of rotatable bonds is 7. The molecule has 1 aliphatic rings. The van der Waals surface area contributed by atoms with Crippen LogP contribution in [-0.2, 0) is 11.3 Å². The number of nitrogens with zero attached hydrogens (tertiary/aromatic N) is 1. The predicted octanol–water partition coefficient (Wildman–Crippen LogP) is 3.75. The molecule has 6 heteroatoms. The smallest absolute Gasteiger partial charge is 0.223 e. The second-order valence-electron chi connectivity index (χ2n) is 6.89. The molecular weight excluding hydrogens is 368 g/mol. The average Bonchev–Trinajstić information content (AvgIpc) is 3.28. The minimum atomic E-state index is -0.656.